The van der Waals surface area contributed by atoms with E-state index in [1.807, 2.05) is 20.9 Å². The van der Waals surface area contributed by atoms with Crippen molar-refractivity contribution in [3.05, 3.63) is 39.5 Å². The highest BCUT2D eigenvalue weighted by atomic mass is 35.5. The lowest BCUT2D eigenvalue weighted by atomic mass is 9.72. The van der Waals surface area contributed by atoms with E-state index in [9.17, 15) is 13.9 Å². The van der Waals surface area contributed by atoms with Crippen molar-refractivity contribution in [1.29, 1.82) is 0 Å². The van der Waals surface area contributed by atoms with E-state index in [-0.39, 0.29) is 18.6 Å². The first-order valence-electron chi connectivity index (χ1n) is 13.1. The first-order chi connectivity index (χ1) is 19.0. The molecule has 9 nitrogen and oxygen atoms in total. The second-order valence-electron chi connectivity index (χ2n) is 10.8. The largest absolute Gasteiger partial charge is 0.491 e. The van der Waals surface area contributed by atoms with E-state index in [0.717, 1.165) is 35.7 Å². The van der Waals surface area contributed by atoms with Gasteiger partial charge < -0.3 is 20.1 Å². The van der Waals surface area contributed by atoms with Gasteiger partial charge in [-0.15, -0.1) is 0 Å². The molecule has 4 heterocycles. The topological polar surface area (TPSA) is 91.6 Å². The number of halogens is 4. The van der Waals surface area contributed by atoms with Gasteiger partial charge in [0, 0.05) is 61.9 Å². The van der Waals surface area contributed by atoms with E-state index in [1.54, 1.807) is 34.8 Å². The van der Waals surface area contributed by atoms with E-state index in [4.69, 9.17) is 37.9 Å². The summed E-state index contributed by atoms with van der Waals surface area (Å²) in [5.41, 5.74) is 3.69. The van der Waals surface area contributed by atoms with Crippen molar-refractivity contribution in [3.8, 4) is 28.5 Å². The summed E-state index contributed by atoms with van der Waals surface area (Å²) in [5, 5.41) is 18.2. The summed E-state index contributed by atoms with van der Waals surface area (Å²) in [6.45, 7) is 6.92. The van der Waals surface area contributed by atoms with Crippen LogP contribution in [-0.2, 0) is 7.05 Å². The van der Waals surface area contributed by atoms with Crippen molar-refractivity contribution < 1.29 is 18.6 Å². The van der Waals surface area contributed by atoms with Gasteiger partial charge in [0.15, 0.2) is 11.0 Å². The van der Waals surface area contributed by atoms with E-state index < -0.39 is 12.5 Å². The fourth-order valence-corrected chi connectivity index (χ4v) is 6.09. The number of rotatable bonds is 10. The summed E-state index contributed by atoms with van der Waals surface area (Å²) >= 11 is 13.0. The Morgan fingerprint density at radius 3 is 2.48 bits per heavy atom. The molecule has 13 heteroatoms. The average molecular weight is 597 g/mol. The third kappa shape index (κ3) is 5.62. The van der Waals surface area contributed by atoms with Gasteiger partial charge in [-0.2, -0.15) is 5.10 Å². The highest BCUT2D eigenvalue weighted by Gasteiger charge is 2.52. The van der Waals surface area contributed by atoms with E-state index in [1.165, 1.54) is 0 Å². The number of anilines is 1. The Hall–Kier alpha value is -2.57. The van der Waals surface area contributed by atoms with E-state index in [2.05, 4.69) is 15.3 Å². The molecule has 1 atom stereocenters. The highest BCUT2D eigenvalue weighted by molar-refractivity contribution is 6.33. The van der Waals surface area contributed by atoms with Crippen LogP contribution in [-0.4, -0.2) is 95.2 Å². The molecular formula is C27H33Cl2F2N7O2. The van der Waals surface area contributed by atoms with Gasteiger partial charge in [-0.3, -0.25) is 9.58 Å². The van der Waals surface area contributed by atoms with Gasteiger partial charge >= 0.3 is 0 Å². The van der Waals surface area contributed by atoms with Gasteiger partial charge in [0.25, 0.3) is 6.43 Å². The number of aryl methyl sites for hydroxylation is 1. The third-order valence-electron chi connectivity index (χ3n) is 7.50. The number of aliphatic hydroxyl groups is 1. The van der Waals surface area contributed by atoms with Crippen molar-refractivity contribution in [1.82, 2.24) is 30.0 Å². The van der Waals surface area contributed by atoms with E-state index >= 15 is 0 Å². The molecule has 0 saturated carbocycles. The second kappa shape index (κ2) is 11.4. The van der Waals surface area contributed by atoms with Crippen LogP contribution >= 0.6 is 23.2 Å². The molecular weight excluding hydrogens is 563 g/mol. The lowest BCUT2D eigenvalue weighted by Crippen LogP contribution is -2.72. The van der Waals surface area contributed by atoms with Crippen LogP contribution in [0.1, 0.15) is 11.1 Å². The van der Waals surface area contributed by atoms with Crippen LogP contribution in [0.4, 0.5) is 14.6 Å². The number of likely N-dealkylation sites (N-methyl/N-ethyl adjacent to an activating group) is 1. The maximum atomic E-state index is 12.8. The molecule has 0 aliphatic carbocycles. The summed E-state index contributed by atoms with van der Waals surface area (Å²) in [5.74, 6) is 1.69. The Kier molecular flexibility index (Phi) is 8.22. The number of hydrogen-bond acceptors (Lipinski definition) is 8. The smallest absolute Gasteiger partial charge is 0.251 e. The van der Waals surface area contributed by atoms with Gasteiger partial charge in [-0.05, 0) is 39.1 Å². The minimum atomic E-state index is -2.33. The van der Waals surface area contributed by atoms with Gasteiger partial charge in [0.05, 0.1) is 23.0 Å². The van der Waals surface area contributed by atoms with Crippen LogP contribution in [0.15, 0.2) is 18.2 Å². The maximum absolute atomic E-state index is 12.8. The Balaban J connectivity index is 1.50. The maximum Gasteiger partial charge on any atom is 0.251 e. The van der Waals surface area contributed by atoms with Crippen molar-refractivity contribution >= 4 is 29.0 Å². The Morgan fingerprint density at radius 2 is 1.85 bits per heavy atom. The summed E-state index contributed by atoms with van der Waals surface area (Å²) in [6, 6.07) is 5.22. The molecule has 5 rings (SSSR count). The fraction of sp³-hybridized carbons (Fsp3) is 0.519. The molecule has 2 fully saturated rings. The van der Waals surface area contributed by atoms with Gasteiger partial charge in [0.2, 0.25) is 0 Å². The molecule has 216 valence electrons. The average Bonchev–Trinajstić information content (AvgIpc) is 3.10. The number of nitrogens with one attached hydrogen (secondary N) is 1. The number of ether oxygens (including phenoxy) is 1. The van der Waals surface area contributed by atoms with E-state index in [0.29, 0.717) is 52.6 Å². The predicted molar refractivity (Wildman–Crippen MR) is 152 cm³/mol. The molecule has 0 amide bonds. The number of nitrogens with zero attached hydrogens (tertiary/aromatic N) is 6. The van der Waals surface area contributed by atoms with Gasteiger partial charge in [-0.1, -0.05) is 23.2 Å². The molecule has 0 radical (unpaired) electrons. The molecule has 2 saturated heterocycles. The standard InChI is InChI=1S/C27H33Cl2F2N7O2/c1-15-22(23-16(2)24(29)35-36(23)4)33-25(19-7-18(5-6-20(19)28)40-10-17(39)8-32-3)34-26(15)38-13-27(14-38)11-37(12-27)9-21(30)31/h5-7,17,21,32,39H,8-14H2,1-4H3/t17-/m1/s1. The zero-order valence-corrected chi connectivity index (χ0v) is 24.4. The van der Waals surface area contributed by atoms with Crippen LogP contribution in [0.2, 0.25) is 10.2 Å². The SMILES string of the molecule is CNC[C@@H](O)COc1ccc(Cl)c(-c2nc(-c3c(C)c(Cl)nn3C)c(C)c(N3CC4(CN(CC(F)F)C4)C3)n2)c1. The van der Waals surface area contributed by atoms with Crippen molar-refractivity contribution in [3.63, 3.8) is 0 Å². The Morgan fingerprint density at radius 1 is 1.12 bits per heavy atom. The van der Waals surface area contributed by atoms with Crippen molar-refractivity contribution in [2.45, 2.75) is 26.4 Å². The molecule has 2 aliphatic heterocycles. The highest BCUT2D eigenvalue weighted by Crippen LogP contribution is 2.44. The van der Waals surface area contributed by atoms with Gasteiger partial charge in [-0.25, -0.2) is 18.7 Å². The molecule has 1 aromatic carbocycles. The first kappa shape index (κ1) is 28.9. The molecule has 2 aliphatic rings. The molecule has 3 aromatic rings. The summed E-state index contributed by atoms with van der Waals surface area (Å²) < 4.78 is 33.1. The zero-order valence-electron chi connectivity index (χ0n) is 22.9. The third-order valence-corrected chi connectivity index (χ3v) is 8.19. The second-order valence-corrected chi connectivity index (χ2v) is 11.6. The zero-order chi connectivity index (χ0) is 28.8. The molecule has 0 bridgehead atoms. The monoisotopic (exact) mass is 595 g/mol. The van der Waals surface area contributed by atoms with Crippen LogP contribution in [0.3, 0.4) is 0 Å². The molecule has 2 aromatic heterocycles. The van der Waals surface area contributed by atoms with Crippen LogP contribution in [0.25, 0.3) is 22.8 Å². The van der Waals surface area contributed by atoms with Crippen molar-refractivity contribution in [2.75, 3.05) is 57.8 Å². The number of aliphatic hydroxyl groups excluding tert-OH is 1. The van der Waals surface area contributed by atoms with Crippen LogP contribution < -0.4 is 15.0 Å². The predicted octanol–water partition coefficient (Wildman–Crippen LogP) is 3.81. The fourth-order valence-electron chi connectivity index (χ4n) is 5.68. The normalized spacial score (nSPS) is 17.3. The number of hydrogen-bond donors (Lipinski definition) is 2. The molecule has 1 spiro atoms. The number of benzene rings is 1. The summed E-state index contributed by atoms with van der Waals surface area (Å²) in [4.78, 5) is 13.9. The molecule has 2 N–H and O–H groups in total. The Bertz CT molecular complexity index is 1390. The summed E-state index contributed by atoms with van der Waals surface area (Å²) in [7, 11) is 3.58. The number of aromatic nitrogens is 4. The molecule has 0 unspecified atom stereocenters. The first-order valence-corrected chi connectivity index (χ1v) is 13.8. The molecule has 40 heavy (non-hydrogen) atoms. The van der Waals surface area contributed by atoms with Crippen LogP contribution in [0.5, 0.6) is 5.75 Å². The lowest BCUT2D eigenvalue weighted by Gasteiger charge is -2.60. The number of likely N-dealkylation sites (tertiary alicyclic amines) is 1. The minimum absolute atomic E-state index is 0.00204. The minimum Gasteiger partial charge on any atom is -0.491 e. The van der Waals surface area contributed by atoms with Gasteiger partial charge in [0.1, 0.15) is 24.3 Å². The summed E-state index contributed by atoms with van der Waals surface area (Å²) in [6.07, 6.45) is -3.00. The number of alkyl halides is 2. The van der Waals surface area contributed by atoms with Crippen molar-refractivity contribution in [2.24, 2.45) is 12.5 Å². The van der Waals surface area contributed by atoms with Crippen LogP contribution in [0, 0.1) is 19.3 Å². The Labute approximate surface area is 242 Å². The lowest BCUT2D eigenvalue weighted by molar-refractivity contribution is -0.0515. The quantitative estimate of drug-likeness (QED) is 0.365.